The van der Waals surface area contributed by atoms with E-state index in [1.165, 1.54) is 89.0 Å². The largest absolute Gasteiger partial charge is 0.493 e. The Balaban J connectivity index is 1.32. The summed E-state index contributed by atoms with van der Waals surface area (Å²) in [5, 5.41) is 5.08. The standard InChI is InChI=1S/C35H50N2O3S/c1-3-4-5-6-7-8-9-10-11-12-13-14-15-16-25-40-35-31(18-17-19-33(35)39-2)27-34(38)36-32-22-20-30(21-23-32)28-37-24-26-41-29-37/h17-24,26,29H,3-16,25,27-28H2,1-2H3/p+1. The highest BCUT2D eigenvalue weighted by atomic mass is 32.1. The van der Waals surface area contributed by atoms with Crippen molar-refractivity contribution in [1.29, 1.82) is 0 Å². The van der Waals surface area contributed by atoms with Crippen molar-refractivity contribution >= 4 is 22.9 Å². The van der Waals surface area contributed by atoms with Crippen LogP contribution in [0.1, 0.15) is 108 Å². The van der Waals surface area contributed by atoms with Gasteiger partial charge in [0, 0.05) is 16.8 Å². The van der Waals surface area contributed by atoms with Crippen molar-refractivity contribution in [2.45, 2.75) is 110 Å². The molecule has 0 saturated carbocycles. The van der Waals surface area contributed by atoms with Gasteiger partial charge in [-0.25, -0.2) is 0 Å². The number of hydrogen-bond donors (Lipinski definition) is 1. The van der Waals surface area contributed by atoms with Crippen LogP contribution >= 0.6 is 11.3 Å². The third kappa shape index (κ3) is 13.1. The van der Waals surface area contributed by atoms with Crippen LogP contribution in [0, 0.1) is 0 Å². The van der Waals surface area contributed by atoms with E-state index in [-0.39, 0.29) is 12.3 Å². The number of benzene rings is 2. The summed E-state index contributed by atoms with van der Waals surface area (Å²) < 4.78 is 13.9. The summed E-state index contributed by atoms with van der Waals surface area (Å²) in [7, 11) is 1.65. The van der Waals surface area contributed by atoms with E-state index < -0.39 is 0 Å². The monoisotopic (exact) mass is 579 g/mol. The fourth-order valence-corrected chi connectivity index (χ4v) is 5.73. The topological polar surface area (TPSA) is 51.4 Å². The zero-order valence-corrected chi connectivity index (χ0v) is 26.2. The highest BCUT2D eigenvalue weighted by molar-refractivity contribution is 7.07. The van der Waals surface area contributed by atoms with E-state index in [1.54, 1.807) is 18.4 Å². The zero-order chi connectivity index (χ0) is 29.0. The van der Waals surface area contributed by atoms with Gasteiger partial charge in [0.2, 0.25) is 11.4 Å². The smallest absolute Gasteiger partial charge is 0.228 e. The number of methoxy groups -OCH3 is 1. The number of ether oxygens (including phenoxy) is 2. The first kappa shape index (κ1) is 32.7. The van der Waals surface area contributed by atoms with Crippen LogP contribution in [0.25, 0.3) is 0 Å². The van der Waals surface area contributed by atoms with E-state index in [4.69, 9.17) is 9.47 Å². The number of nitrogens with one attached hydrogen (secondary N) is 1. The summed E-state index contributed by atoms with van der Waals surface area (Å²) in [5.74, 6) is 1.29. The van der Waals surface area contributed by atoms with Gasteiger partial charge in [-0.3, -0.25) is 4.79 Å². The number of amides is 1. The molecular formula is C35H51N2O3S+. The van der Waals surface area contributed by atoms with Crippen LogP contribution in [0.4, 0.5) is 5.69 Å². The van der Waals surface area contributed by atoms with Gasteiger partial charge >= 0.3 is 0 Å². The van der Waals surface area contributed by atoms with E-state index in [9.17, 15) is 4.79 Å². The molecule has 3 aromatic rings. The minimum atomic E-state index is -0.0699. The van der Waals surface area contributed by atoms with Crippen molar-refractivity contribution in [3.8, 4) is 11.5 Å². The highest BCUT2D eigenvalue weighted by Crippen LogP contribution is 2.32. The van der Waals surface area contributed by atoms with Crippen molar-refractivity contribution in [3.63, 3.8) is 0 Å². The van der Waals surface area contributed by atoms with Crippen LogP contribution in [0.3, 0.4) is 0 Å². The number of unbranched alkanes of at least 4 members (excludes halogenated alkanes) is 13. The van der Waals surface area contributed by atoms with Gasteiger partial charge < -0.3 is 14.8 Å². The summed E-state index contributed by atoms with van der Waals surface area (Å²) in [4.78, 5) is 12.9. The fraction of sp³-hybridized carbons (Fsp3) is 0.543. The second kappa shape index (κ2) is 20.1. The molecule has 1 heterocycles. The first-order valence-corrected chi connectivity index (χ1v) is 16.7. The van der Waals surface area contributed by atoms with Crippen molar-refractivity contribution in [3.05, 3.63) is 70.7 Å². The Morgan fingerprint density at radius 3 is 2.05 bits per heavy atom. The Labute approximate surface area is 252 Å². The number of rotatable bonds is 22. The van der Waals surface area contributed by atoms with Crippen LogP contribution in [0.5, 0.6) is 11.5 Å². The number of carbonyl (C=O) groups excluding carboxylic acids is 1. The summed E-state index contributed by atoms with van der Waals surface area (Å²) in [6.07, 6.45) is 21.0. The van der Waals surface area contributed by atoms with Gasteiger partial charge in [0.1, 0.15) is 0 Å². The Kier molecular flexibility index (Phi) is 16.0. The average molecular weight is 580 g/mol. The minimum absolute atomic E-state index is 0.0699. The molecule has 0 bridgehead atoms. The second-order valence-corrected chi connectivity index (χ2v) is 11.8. The van der Waals surface area contributed by atoms with Gasteiger partial charge in [-0.2, -0.15) is 4.57 Å². The molecule has 0 atom stereocenters. The molecule has 0 aliphatic carbocycles. The Morgan fingerprint density at radius 1 is 0.829 bits per heavy atom. The number of aromatic nitrogens is 1. The molecule has 1 aromatic heterocycles. The average Bonchev–Trinajstić information content (AvgIpc) is 3.49. The first-order valence-electron chi connectivity index (χ1n) is 15.8. The lowest BCUT2D eigenvalue weighted by atomic mass is 10.0. The van der Waals surface area contributed by atoms with Crippen LogP contribution in [-0.4, -0.2) is 19.6 Å². The van der Waals surface area contributed by atoms with Crippen LogP contribution in [0.15, 0.2) is 59.6 Å². The molecule has 0 aliphatic rings. The Hall–Kier alpha value is -2.86. The number of hydrogen-bond acceptors (Lipinski definition) is 4. The van der Waals surface area contributed by atoms with Crippen molar-refractivity contribution in [2.75, 3.05) is 19.0 Å². The van der Waals surface area contributed by atoms with E-state index in [0.29, 0.717) is 18.1 Å². The third-order valence-corrected chi connectivity index (χ3v) is 8.18. The van der Waals surface area contributed by atoms with E-state index in [2.05, 4.69) is 46.0 Å². The molecule has 2 aromatic carbocycles. The van der Waals surface area contributed by atoms with E-state index in [1.807, 2.05) is 30.3 Å². The van der Waals surface area contributed by atoms with Crippen LogP contribution < -0.4 is 19.4 Å². The maximum absolute atomic E-state index is 12.9. The number of thiazole rings is 1. The highest BCUT2D eigenvalue weighted by Gasteiger charge is 2.14. The molecule has 0 aliphatic heterocycles. The molecule has 41 heavy (non-hydrogen) atoms. The SMILES string of the molecule is CCCCCCCCCCCCCCCCOc1c(CC(=O)Nc2ccc(C[n+]3ccsc3)cc2)cccc1OC. The number of anilines is 1. The lowest BCUT2D eigenvalue weighted by molar-refractivity contribution is -0.683. The molecule has 0 spiro atoms. The molecule has 1 amide bonds. The summed E-state index contributed by atoms with van der Waals surface area (Å²) >= 11 is 1.68. The predicted molar refractivity (Wildman–Crippen MR) is 171 cm³/mol. The zero-order valence-electron chi connectivity index (χ0n) is 25.4. The molecule has 0 saturated heterocycles. The predicted octanol–water partition coefficient (Wildman–Crippen LogP) is 9.13. The van der Waals surface area contributed by atoms with Gasteiger partial charge in [-0.15, -0.1) is 0 Å². The molecule has 0 fully saturated rings. The summed E-state index contributed by atoms with van der Waals surface area (Å²) in [6, 6.07) is 13.8. The lowest BCUT2D eigenvalue weighted by Gasteiger charge is -2.15. The number of carbonyl (C=O) groups is 1. The normalized spacial score (nSPS) is 11.0. The molecule has 0 radical (unpaired) electrons. The molecule has 0 unspecified atom stereocenters. The van der Waals surface area contributed by atoms with Gasteiger partial charge in [-0.1, -0.05) is 126 Å². The third-order valence-electron chi connectivity index (χ3n) is 7.51. The summed E-state index contributed by atoms with van der Waals surface area (Å²) in [5.41, 5.74) is 4.92. The molecular weight excluding hydrogens is 528 g/mol. The quantitative estimate of drug-likeness (QED) is 0.0954. The van der Waals surface area contributed by atoms with Crippen LogP contribution in [-0.2, 0) is 17.8 Å². The Morgan fingerprint density at radius 2 is 1.46 bits per heavy atom. The number of nitrogens with zero attached hydrogens (tertiary/aromatic N) is 1. The van der Waals surface area contributed by atoms with Crippen molar-refractivity contribution in [1.82, 2.24) is 0 Å². The molecule has 6 heteroatoms. The molecule has 1 N–H and O–H groups in total. The van der Waals surface area contributed by atoms with Gasteiger partial charge in [0.15, 0.2) is 24.2 Å². The number of para-hydroxylation sites is 1. The van der Waals surface area contributed by atoms with Crippen molar-refractivity contribution < 1.29 is 18.8 Å². The van der Waals surface area contributed by atoms with Gasteiger partial charge in [0.05, 0.1) is 25.5 Å². The first-order chi connectivity index (χ1) is 20.2. The fourth-order valence-electron chi connectivity index (χ4n) is 5.13. The molecule has 3 rings (SSSR count). The maximum Gasteiger partial charge on any atom is 0.228 e. The second-order valence-electron chi connectivity index (χ2n) is 11.0. The van der Waals surface area contributed by atoms with Crippen molar-refractivity contribution in [2.24, 2.45) is 0 Å². The Bertz CT molecular complexity index is 1100. The van der Waals surface area contributed by atoms with E-state index >= 15 is 0 Å². The molecule has 224 valence electrons. The minimum Gasteiger partial charge on any atom is -0.493 e. The van der Waals surface area contributed by atoms with E-state index in [0.717, 1.165) is 24.2 Å². The maximum atomic E-state index is 12.9. The summed E-state index contributed by atoms with van der Waals surface area (Å²) in [6.45, 7) is 3.74. The van der Waals surface area contributed by atoms with Gasteiger partial charge in [-0.05, 0) is 24.6 Å². The van der Waals surface area contributed by atoms with Crippen LogP contribution in [0.2, 0.25) is 0 Å². The molecule has 5 nitrogen and oxygen atoms in total. The van der Waals surface area contributed by atoms with Gasteiger partial charge in [0.25, 0.3) is 0 Å². The lowest BCUT2D eigenvalue weighted by Crippen LogP contribution is -2.30.